The molecule has 2 aliphatic heterocycles. The summed E-state index contributed by atoms with van der Waals surface area (Å²) >= 11 is 28.9. The summed E-state index contributed by atoms with van der Waals surface area (Å²) < 4.78 is 5.60. The number of aromatic hydroxyl groups is 4. The minimum atomic E-state index is 0.0175. The van der Waals surface area contributed by atoms with Gasteiger partial charge >= 0.3 is 0 Å². The second-order valence-corrected chi connectivity index (χ2v) is 20.5. The van der Waals surface area contributed by atoms with Gasteiger partial charge in [-0.05, 0) is 247 Å². The van der Waals surface area contributed by atoms with Gasteiger partial charge in [-0.2, -0.15) is 0 Å². The second kappa shape index (κ2) is 16.3. The summed E-state index contributed by atoms with van der Waals surface area (Å²) in [6.07, 6.45) is 7.80. The minimum absolute atomic E-state index is 0.0175. The van der Waals surface area contributed by atoms with Crippen LogP contribution in [0.4, 0.5) is 0 Å². The Hall–Kier alpha value is -3.48. The highest BCUT2D eigenvalue weighted by Gasteiger charge is 2.28. The Kier molecular flexibility index (Phi) is 11.4. The molecule has 0 radical (unpaired) electrons. The van der Waals surface area contributed by atoms with Crippen LogP contribution in [0.3, 0.4) is 0 Å². The maximum atomic E-state index is 11.1. The van der Waals surface area contributed by atoms with Crippen molar-refractivity contribution in [1.82, 2.24) is 19.5 Å². The molecule has 3 aromatic heterocycles. The summed E-state index contributed by atoms with van der Waals surface area (Å²) in [6.45, 7) is 0. The van der Waals surface area contributed by atoms with Gasteiger partial charge < -0.3 is 30.0 Å². The largest absolute Gasteiger partial charge is 0.506 e. The van der Waals surface area contributed by atoms with E-state index in [1.54, 1.807) is 0 Å². The molecular formula is C44H22Br8N4O4. The molecule has 298 valence electrons. The summed E-state index contributed by atoms with van der Waals surface area (Å²) in [7, 11) is 0. The lowest BCUT2D eigenvalue weighted by atomic mass is 9.93. The molecule has 9 rings (SSSR count). The predicted octanol–water partition coefficient (Wildman–Crippen LogP) is 16.0. The van der Waals surface area contributed by atoms with Crippen molar-refractivity contribution >= 4 is 174 Å². The molecule has 0 unspecified atom stereocenters. The Balaban J connectivity index is 1.67. The van der Waals surface area contributed by atoms with Crippen LogP contribution in [0.1, 0.15) is 22.8 Å². The van der Waals surface area contributed by atoms with Gasteiger partial charge in [0.15, 0.2) is 0 Å². The highest BCUT2D eigenvalue weighted by molar-refractivity contribution is 9.12. The van der Waals surface area contributed by atoms with Crippen molar-refractivity contribution in [3.8, 4) is 62.1 Å². The summed E-state index contributed by atoms with van der Waals surface area (Å²) in [5.74, 6) is 0.0875. The quantitative estimate of drug-likeness (QED) is 0.119. The molecule has 0 atom stereocenters. The molecule has 5 heterocycles. The van der Waals surface area contributed by atoms with Crippen LogP contribution in [0.25, 0.3) is 85.4 Å². The van der Waals surface area contributed by atoms with Crippen molar-refractivity contribution in [2.24, 2.45) is 0 Å². The third kappa shape index (κ3) is 7.58. The molecule has 0 amide bonds. The van der Waals surface area contributed by atoms with Gasteiger partial charge in [-0.1, -0.05) is 0 Å². The SMILES string of the molecule is Oc1c(Br)cc(-c2c(-c3cc(Br)c(O)c(Br)c3)c3c(-c4cc(Br)c(O)c(Br)c4)c4nc(cc5ccc(cc6nc(cc2n3-c2cc(Br)c(O)c(Br)c2)C=C6)[nH]5)C=C4)cc1Br. The number of phenolic OH excluding ortho intramolecular Hbond substituents is 4. The van der Waals surface area contributed by atoms with Gasteiger partial charge in [-0.25, -0.2) is 9.97 Å². The number of hydrogen-bond donors (Lipinski definition) is 5. The van der Waals surface area contributed by atoms with Crippen LogP contribution in [0.2, 0.25) is 0 Å². The zero-order valence-electron chi connectivity index (χ0n) is 30.0. The van der Waals surface area contributed by atoms with E-state index in [9.17, 15) is 20.4 Å². The third-order valence-corrected chi connectivity index (χ3v) is 14.7. The number of nitrogens with zero attached hydrogens (tertiary/aromatic N) is 3. The molecule has 0 saturated carbocycles. The second-order valence-electron chi connectivity index (χ2n) is 13.7. The summed E-state index contributed by atoms with van der Waals surface area (Å²) in [5, 5.41) is 44.2. The predicted molar refractivity (Wildman–Crippen MR) is 268 cm³/mol. The number of benzene rings is 4. The smallest absolute Gasteiger partial charge is 0.144 e. The Morgan fingerprint density at radius 3 is 1.28 bits per heavy atom. The van der Waals surface area contributed by atoms with E-state index in [2.05, 4.69) is 137 Å². The fourth-order valence-corrected chi connectivity index (χ4v) is 12.0. The van der Waals surface area contributed by atoms with Crippen LogP contribution in [0.5, 0.6) is 23.0 Å². The summed E-state index contributed by atoms with van der Waals surface area (Å²) in [4.78, 5) is 13.8. The highest BCUT2D eigenvalue weighted by atomic mass is 79.9. The summed E-state index contributed by atoms with van der Waals surface area (Å²) in [5.41, 5.74) is 10.5. The van der Waals surface area contributed by atoms with Crippen LogP contribution in [0, 0.1) is 0 Å². The Labute approximate surface area is 408 Å². The molecule has 60 heavy (non-hydrogen) atoms. The maximum absolute atomic E-state index is 11.1. The molecule has 5 N–H and O–H groups in total. The molecule has 7 aromatic rings. The third-order valence-electron chi connectivity index (χ3n) is 9.84. The number of fused-ring (bicyclic) bond motifs is 8. The first-order valence-corrected chi connectivity index (χ1v) is 23.9. The molecule has 8 bridgehead atoms. The van der Waals surface area contributed by atoms with Crippen molar-refractivity contribution in [3.05, 3.63) is 137 Å². The molecule has 0 spiro atoms. The van der Waals surface area contributed by atoms with Crippen molar-refractivity contribution in [2.75, 3.05) is 0 Å². The van der Waals surface area contributed by atoms with Gasteiger partial charge in [0.1, 0.15) is 23.0 Å². The Morgan fingerprint density at radius 2 is 0.800 bits per heavy atom. The minimum Gasteiger partial charge on any atom is -0.506 e. The number of halogens is 8. The van der Waals surface area contributed by atoms with E-state index in [0.717, 1.165) is 22.3 Å². The monoisotopic (exact) mass is 1300 g/mol. The van der Waals surface area contributed by atoms with Crippen molar-refractivity contribution in [3.63, 3.8) is 0 Å². The molecule has 2 aliphatic rings. The van der Waals surface area contributed by atoms with E-state index >= 15 is 0 Å². The first-order chi connectivity index (χ1) is 28.6. The van der Waals surface area contributed by atoms with E-state index in [1.807, 2.05) is 103 Å². The Morgan fingerprint density at radius 1 is 0.417 bits per heavy atom. The lowest BCUT2D eigenvalue weighted by Crippen LogP contribution is -1.98. The first-order valence-electron chi connectivity index (χ1n) is 17.6. The van der Waals surface area contributed by atoms with E-state index < -0.39 is 0 Å². The van der Waals surface area contributed by atoms with Gasteiger partial charge in [0.25, 0.3) is 0 Å². The molecule has 16 heteroatoms. The number of aromatic amines is 1. The van der Waals surface area contributed by atoms with Crippen LogP contribution in [-0.4, -0.2) is 39.9 Å². The zero-order valence-corrected chi connectivity index (χ0v) is 42.7. The van der Waals surface area contributed by atoms with Crippen molar-refractivity contribution in [2.45, 2.75) is 0 Å². The first kappa shape index (κ1) is 41.9. The van der Waals surface area contributed by atoms with Crippen molar-refractivity contribution in [1.29, 1.82) is 0 Å². The van der Waals surface area contributed by atoms with Crippen LogP contribution >= 0.6 is 127 Å². The zero-order chi connectivity index (χ0) is 42.3. The number of aromatic nitrogens is 4. The van der Waals surface area contributed by atoms with Crippen molar-refractivity contribution < 1.29 is 20.4 Å². The summed E-state index contributed by atoms with van der Waals surface area (Å²) in [6, 6.07) is 24.7. The van der Waals surface area contributed by atoms with Gasteiger partial charge in [0, 0.05) is 33.4 Å². The molecule has 8 nitrogen and oxygen atoms in total. The number of phenols is 4. The van der Waals surface area contributed by atoms with Gasteiger partial charge in [-0.15, -0.1) is 0 Å². The molecule has 0 aliphatic carbocycles. The van der Waals surface area contributed by atoms with Gasteiger partial charge in [0.2, 0.25) is 0 Å². The Bertz CT molecular complexity index is 3170. The molecule has 4 aromatic carbocycles. The highest BCUT2D eigenvalue weighted by Crippen LogP contribution is 2.52. The number of H-pyrrole nitrogens is 1. The lowest BCUT2D eigenvalue weighted by molar-refractivity contribution is 0.468. The van der Waals surface area contributed by atoms with E-state index in [-0.39, 0.29) is 23.0 Å². The number of hydrogen-bond acceptors (Lipinski definition) is 6. The average molecular weight is 1310 g/mol. The van der Waals surface area contributed by atoms with E-state index in [0.29, 0.717) is 97.4 Å². The molecule has 0 fully saturated rings. The van der Waals surface area contributed by atoms with Crippen LogP contribution in [0.15, 0.2) is 115 Å². The fraction of sp³-hybridized carbons (Fsp3) is 0. The van der Waals surface area contributed by atoms with Gasteiger partial charge in [0.05, 0.1) is 69.6 Å². The van der Waals surface area contributed by atoms with Gasteiger partial charge in [-0.3, -0.25) is 0 Å². The molecule has 0 saturated heterocycles. The fourth-order valence-electron chi connectivity index (χ4n) is 7.23. The lowest BCUT2D eigenvalue weighted by Gasteiger charge is -2.16. The maximum Gasteiger partial charge on any atom is 0.144 e. The van der Waals surface area contributed by atoms with E-state index in [1.165, 1.54) is 0 Å². The molecular weight excluding hydrogens is 1290 g/mol. The average Bonchev–Trinajstić information content (AvgIpc) is 4.01. The number of nitrogens with one attached hydrogen (secondary N) is 1. The standard InChI is InChI=1S/C44H22Br8N4O4/c45-27-7-18(8-28(46)41(27)57)37-35-6-5-24(55-35)14-23-2-1-21(53-23)13-22-3-4-25(54-22)15-36-38(19-9-29(47)42(58)30(48)10-19)39(20-11-31(49)43(59)32(50)12-20)40(37)56(36)26-16-33(51)44(60)34(52)17-26/h1-17,53,57-60H. The van der Waals surface area contributed by atoms with E-state index in [4.69, 9.17) is 9.97 Å². The number of rotatable bonds is 4. The van der Waals surface area contributed by atoms with Crippen LogP contribution < -0.4 is 0 Å². The topological polar surface area (TPSA) is 127 Å². The van der Waals surface area contributed by atoms with Crippen LogP contribution in [-0.2, 0) is 0 Å². The normalized spacial score (nSPS) is 12.1.